The van der Waals surface area contributed by atoms with Crippen LogP contribution >= 0.6 is 0 Å². The quantitative estimate of drug-likeness (QED) is 0.0488. The maximum Gasteiger partial charge on any atom is 0.341 e. The lowest BCUT2D eigenvalue weighted by atomic mass is 9.85. The smallest absolute Gasteiger partial charge is 0.341 e. The highest BCUT2D eigenvalue weighted by Crippen LogP contribution is 2.39. The molecule has 0 saturated heterocycles. The van der Waals surface area contributed by atoms with Crippen LogP contribution in [0.2, 0.25) is 0 Å². The molecule has 0 saturated carbocycles. The van der Waals surface area contributed by atoms with Crippen LogP contribution in [0.1, 0.15) is 110 Å². The van der Waals surface area contributed by atoms with Crippen molar-refractivity contribution in [2.45, 2.75) is 92.9 Å². The number of carbonyl (C=O) groups is 2. The molecule has 4 aromatic heterocycles. The Morgan fingerprint density at radius 2 is 0.989 bits per heavy atom. The van der Waals surface area contributed by atoms with Crippen molar-refractivity contribution >= 4 is 54.7 Å². The summed E-state index contributed by atoms with van der Waals surface area (Å²) >= 11 is 0. The second kappa shape index (κ2) is 28.0. The Kier molecular flexibility index (Phi) is 20.7. The second-order valence-corrected chi connectivity index (χ2v) is 27.5. The lowest BCUT2D eigenvalue weighted by Gasteiger charge is -2.23. The molecular formula is C69H80N12O9S2. The van der Waals surface area contributed by atoms with Crippen molar-refractivity contribution in [3.63, 3.8) is 0 Å². The van der Waals surface area contributed by atoms with Gasteiger partial charge in [0.15, 0.2) is 11.5 Å². The number of sulfonamides is 2. The van der Waals surface area contributed by atoms with Crippen molar-refractivity contribution in [3.8, 4) is 56.8 Å². The summed E-state index contributed by atoms with van der Waals surface area (Å²) in [6, 6.07) is 38.4. The summed E-state index contributed by atoms with van der Waals surface area (Å²) in [5, 5.41) is 12.2. The van der Waals surface area contributed by atoms with Gasteiger partial charge in [-0.3, -0.25) is 14.2 Å². The first kappa shape index (κ1) is 67.9. The number of amides is 1. The van der Waals surface area contributed by atoms with E-state index in [4.69, 9.17) is 24.9 Å². The first-order valence-corrected chi connectivity index (χ1v) is 33.3. The molecule has 4 heterocycles. The molecule has 482 valence electrons. The number of benzene rings is 6. The summed E-state index contributed by atoms with van der Waals surface area (Å²) in [7, 11) is -3.10. The minimum atomic E-state index is -3.63. The number of methoxy groups -OCH3 is 3. The van der Waals surface area contributed by atoms with E-state index in [1.165, 1.54) is 21.3 Å². The number of rotatable bonds is 17. The maximum atomic E-state index is 13.7. The minimum absolute atomic E-state index is 0.139. The maximum absolute atomic E-state index is 13.7. The summed E-state index contributed by atoms with van der Waals surface area (Å²) in [6.07, 6.45) is 15.0. The molecule has 1 amide bonds. The molecule has 0 aliphatic carbocycles. The number of nitrogens with zero attached hydrogens (tertiary/aromatic N) is 8. The number of hydrogen-bond acceptors (Lipinski definition) is 14. The molecule has 0 atom stereocenters. The molecule has 0 aliphatic heterocycles. The van der Waals surface area contributed by atoms with Crippen molar-refractivity contribution in [3.05, 3.63) is 204 Å². The third-order valence-electron chi connectivity index (χ3n) is 14.9. The van der Waals surface area contributed by atoms with Gasteiger partial charge in [0.1, 0.15) is 5.56 Å². The topological polar surface area (TPSA) is 263 Å². The molecule has 0 fully saturated rings. The number of ether oxygens (including phenoxy) is 3. The molecule has 10 aromatic rings. The monoisotopic (exact) mass is 1280 g/mol. The van der Waals surface area contributed by atoms with Crippen molar-refractivity contribution in [1.29, 1.82) is 0 Å². The average molecular weight is 1290 g/mol. The summed E-state index contributed by atoms with van der Waals surface area (Å²) < 4.78 is 75.4. The number of esters is 1. The van der Waals surface area contributed by atoms with Crippen LogP contribution < -0.4 is 30.0 Å². The SMILES string of the molecule is CCc1c(-c2cn(-c3cc(N)ccc3C)cn2)cnn1-c1ccccc1.CCc1c(-c2cn(-c3cc(NC(=O)c4cc(C(C)(C)C)cc(NS(C)(=O)=O)c4OC)ccc3C)cn2)cnn1-c1ccccc1.COC(=O)c1cc(C(C)(C)C)cc(NS(C)(=O)=O)c1OC. The Bertz CT molecular complexity index is 4520. The number of hydrogen-bond donors (Lipinski definition) is 4. The van der Waals surface area contributed by atoms with Crippen LogP contribution in [0.5, 0.6) is 11.5 Å². The Morgan fingerprint density at radius 3 is 1.40 bits per heavy atom. The van der Waals surface area contributed by atoms with Crippen LogP contribution in [-0.2, 0) is 48.5 Å². The fraction of sp³-hybridized carbons (Fsp3) is 0.275. The highest BCUT2D eigenvalue weighted by atomic mass is 32.2. The predicted octanol–water partition coefficient (Wildman–Crippen LogP) is 12.9. The largest absolute Gasteiger partial charge is 0.494 e. The van der Waals surface area contributed by atoms with Gasteiger partial charge >= 0.3 is 5.97 Å². The highest BCUT2D eigenvalue weighted by Gasteiger charge is 2.27. The molecule has 21 nitrogen and oxygen atoms in total. The van der Waals surface area contributed by atoms with Gasteiger partial charge in [0.2, 0.25) is 20.0 Å². The Labute approximate surface area is 538 Å². The van der Waals surface area contributed by atoms with Gasteiger partial charge in [0, 0.05) is 34.9 Å². The number of nitrogen functional groups attached to an aromatic ring is 1. The van der Waals surface area contributed by atoms with E-state index in [2.05, 4.69) is 62.8 Å². The van der Waals surface area contributed by atoms with Crippen molar-refractivity contribution < 1.29 is 40.6 Å². The Morgan fingerprint density at radius 1 is 0.565 bits per heavy atom. The highest BCUT2D eigenvalue weighted by molar-refractivity contribution is 7.92. The Balaban J connectivity index is 0.000000196. The van der Waals surface area contributed by atoms with Crippen LogP contribution in [0.15, 0.2) is 159 Å². The molecule has 92 heavy (non-hydrogen) atoms. The number of nitrogens with two attached hydrogens (primary N) is 1. The number of anilines is 4. The molecule has 0 bridgehead atoms. The summed E-state index contributed by atoms with van der Waals surface area (Å²) in [5.74, 6) is -0.744. The number of nitrogens with one attached hydrogen (secondary N) is 3. The lowest BCUT2D eigenvalue weighted by Crippen LogP contribution is -2.19. The first-order valence-electron chi connectivity index (χ1n) is 29.6. The lowest BCUT2D eigenvalue weighted by molar-refractivity contribution is 0.0596. The summed E-state index contributed by atoms with van der Waals surface area (Å²) in [4.78, 5) is 34.9. The van der Waals surface area contributed by atoms with Crippen LogP contribution in [0.3, 0.4) is 0 Å². The molecule has 23 heteroatoms. The zero-order valence-corrected chi connectivity index (χ0v) is 56.2. The number of aryl methyl sites for hydroxylation is 2. The van der Waals surface area contributed by atoms with Crippen LogP contribution in [-0.4, -0.2) is 101 Å². The third kappa shape index (κ3) is 16.1. The average Bonchev–Trinajstić information content (AvgIpc) is 1.16. The van der Waals surface area contributed by atoms with Gasteiger partial charge in [-0.15, -0.1) is 0 Å². The molecule has 10 rings (SSSR count). The standard InChI is InChI=1S/C34H38N6O4S.C21H21N5.C14H21NO5S/c1-8-30-27(19-36-40(30)25-12-10-9-11-13-25)29-20-39(21-35-29)31-18-24(15-14-22(31)2)37-33(41)26-16-23(34(3,4)5)17-28(32(26)44-6)38-45(7,42)43;1-3-20-18(12-24-26(20)17-7-5-4-6-8-17)19-13-25(14-23-19)21-11-16(22)10-9-15(21)2;1-14(2,3)9-7-10(13(16)20-5)12(19-4)11(8-9)15-21(6,17)18/h9-21,38H,8H2,1-7H3,(H,37,41);4-14H,3,22H2,1-2H3;7-8,15H,1-6H3. The third-order valence-corrected chi connectivity index (χ3v) is 16.1. The molecule has 0 spiro atoms. The van der Waals surface area contributed by atoms with E-state index >= 15 is 0 Å². The van der Waals surface area contributed by atoms with E-state index in [1.807, 2.05) is 183 Å². The van der Waals surface area contributed by atoms with Crippen LogP contribution in [0, 0.1) is 13.8 Å². The number of carbonyl (C=O) groups excluding carboxylic acids is 2. The number of para-hydroxylation sites is 2. The van der Waals surface area contributed by atoms with Crippen molar-refractivity contribution in [1.82, 2.24) is 38.7 Å². The van der Waals surface area contributed by atoms with Gasteiger partial charge in [0.05, 0.1) is 121 Å². The van der Waals surface area contributed by atoms with Gasteiger partial charge in [0.25, 0.3) is 5.91 Å². The van der Waals surface area contributed by atoms with Crippen LogP contribution in [0.4, 0.5) is 22.7 Å². The zero-order chi connectivity index (χ0) is 67.0. The van der Waals surface area contributed by atoms with Gasteiger partial charge in [-0.2, -0.15) is 10.2 Å². The number of aromatic nitrogens is 8. The molecule has 0 unspecified atom stereocenters. The van der Waals surface area contributed by atoms with E-state index in [0.29, 0.717) is 5.69 Å². The van der Waals surface area contributed by atoms with Gasteiger partial charge in [-0.05, 0) is 133 Å². The van der Waals surface area contributed by atoms with Crippen molar-refractivity contribution in [2.24, 2.45) is 0 Å². The van der Waals surface area contributed by atoms with E-state index in [9.17, 15) is 26.4 Å². The van der Waals surface area contributed by atoms with E-state index in [1.54, 1.807) is 30.6 Å². The zero-order valence-electron chi connectivity index (χ0n) is 54.6. The molecule has 6 aromatic carbocycles. The minimum Gasteiger partial charge on any atom is -0.494 e. The fourth-order valence-corrected chi connectivity index (χ4v) is 11.3. The van der Waals surface area contributed by atoms with E-state index in [0.717, 1.165) is 110 Å². The second-order valence-electron chi connectivity index (χ2n) is 24.0. The van der Waals surface area contributed by atoms with Crippen molar-refractivity contribution in [2.75, 3.05) is 54.3 Å². The number of imidazole rings is 2. The first-order chi connectivity index (χ1) is 43.4. The molecule has 5 N–H and O–H groups in total. The van der Waals surface area contributed by atoms with Gasteiger partial charge in [-0.25, -0.2) is 41.0 Å². The van der Waals surface area contributed by atoms with Gasteiger partial charge < -0.3 is 34.4 Å². The fourth-order valence-electron chi connectivity index (χ4n) is 10.2. The summed E-state index contributed by atoms with van der Waals surface area (Å²) in [6.45, 7) is 20.1. The summed E-state index contributed by atoms with van der Waals surface area (Å²) in [5.41, 5.74) is 21.0. The van der Waals surface area contributed by atoms with E-state index < -0.39 is 31.9 Å². The van der Waals surface area contributed by atoms with Gasteiger partial charge in [-0.1, -0.05) is 104 Å². The molecule has 0 radical (unpaired) electrons. The predicted molar refractivity (Wildman–Crippen MR) is 365 cm³/mol. The van der Waals surface area contributed by atoms with Crippen LogP contribution in [0.25, 0.3) is 45.3 Å². The van der Waals surface area contributed by atoms with E-state index in [-0.39, 0.29) is 44.8 Å². The molecule has 0 aliphatic rings. The Hall–Kier alpha value is -10.0. The molecular weight excluding hydrogens is 1200 g/mol. The normalized spacial score (nSPS) is 11.6.